The molecule has 0 saturated heterocycles. The van der Waals surface area contributed by atoms with Crippen molar-refractivity contribution in [3.05, 3.63) is 40.0 Å². The molecule has 0 N–H and O–H groups in total. The number of hydrogen-bond acceptors (Lipinski definition) is 4. The molecule has 1 heterocycles. The van der Waals surface area contributed by atoms with Crippen LogP contribution >= 0.6 is 0 Å². The van der Waals surface area contributed by atoms with E-state index in [2.05, 4.69) is 18.0 Å². The van der Waals surface area contributed by atoms with Crippen LogP contribution < -0.4 is 4.74 Å². The second-order valence-corrected chi connectivity index (χ2v) is 4.61. The summed E-state index contributed by atoms with van der Waals surface area (Å²) in [5.74, 6) is 0.604. The van der Waals surface area contributed by atoms with Crippen molar-refractivity contribution in [2.24, 2.45) is 0 Å². The Morgan fingerprint density at radius 3 is 2.84 bits per heavy atom. The Balaban J connectivity index is 2.36. The van der Waals surface area contributed by atoms with Gasteiger partial charge in [-0.3, -0.25) is 10.1 Å². The molecule has 0 unspecified atom stereocenters. The fraction of sp³-hybridized carbons (Fsp3) is 0.429. The van der Waals surface area contributed by atoms with Gasteiger partial charge in [-0.25, -0.2) is 0 Å². The number of non-ortho nitro benzene ring substituents is 1. The van der Waals surface area contributed by atoms with Crippen molar-refractivity contribution in [3.8, 4) is 5.75 Å². The van der Waals surface area contributed by atoms with Crippen molar-refractivity contribution in [2.75, 3.05) is 26.7 Å². The molecule has 1 aliphatic heterocycles. The second kappa shape index (κ2) is 5.84. The summed E-state index contributed by atoms with van der Waals surface area (Å²) < 4.78 is 5.55. The van der Waals surface area contributed by atoms with E-state index < -0.39 is 4.92 Å². The molecule has 0 radical (unpaired) electrons. The first-order valence-corrected chi connectivity index (χ1v) is 6.41. The van der Waals surface area contributed by atoms with Crippen LogP contribution in [-0.4, -0.2) is 36.6 Å². The van der Waals surface area contributed by atoms with Crippen LogP contribution in [0.25, 0.3) is 5.57 Å². The van der Waals surface area contributed by atoms with Gasteiger partial charge >= 0.3 is 0 Å². The zero-order valence-electron chi connectivity index (χ0n) is 11.3. The highest BCUT2D eigenvalue weighted by molar-refractivity contribution is 5.72. The molecule has 5 heteroatoms. The molecule has 1 aromatic rings. The molecule has 0 amide bonds. The van der Waals surface area contributed by atoms with E-state index in [1.807, 2.05) is 6.92 Å². The quantitative estimate of drug-likeness (QED) is 0.618. The minimum Gasteiger partial charge on any atom is -0.493 e. The lowest BCUT2D eigenvalue weighted by Gasteiger charge is -2.23. The molecular formula is C14H18N2O3. The van der Waals surface area contributed by atoms with Crippen molar-refractivity contribution >= 4 is 11.3 Å². The molecule has 1 aliphatic rings. The fourth-order valence-corrected chi connectivity index (χ4v) is 2.18. The van der Waals surface area contributed by atoms with Crippen molar-refractivity contribution in [3.63, 3.8) is 0 Å². The Bertz CT molecular complexity index is 511. The number of nitrogens with zero attached hydrogens (tertiary/aromatic N) is 2. The largest absolute Gasteiger partial charge is 0.493 e. The Labute approximate surface area is 112 Å². The first kappa shape index (κ1) is 13.5. The third kappa shape index (κ3) is 3.12. The minimum atomic E-state index is -0.394. The summed E-state index contributed by atoms with van der Waals surface area (Å²) >= 11 is 0. The molecule has 102 valence electrons. The van der Waals surface area contributed by atoms with E-state index in [-0.39, 0.29) is 5.69 Å². The highest BCUT2D eigenvalue weighted by Crippen LogP contribution is 2.33. The third-order valence-electron chi connectivity index (χ3n) is 3.23. The summed E-state index contributed by atoms with van der Waals surface area (Å²) in [6.07, 6.45) is 3.10. The van der Waals surface area contributed by atoms with Crippen LogP contribution in [-0.2, 0) is 0 Å². The molecule has 0 aromatic heterocycles. The van der Waals surface area contributed by atoms with E-state index in [1.54, 1.807) is 6.07 Å². The molecule has 0 aliphatic carbocycles. The molecule has 2 rings (SSSR count). The predicted octanol–water partition coefficient (Wildman–Crippen LogP) is 2.71. The number of nitro groups is 1. The van der Waals surface area contributed by atoms with Crippen LogP contribution in [0.4, 0.5) is 5.69 Å². The number of likely N-dealkylation sites (N-methyl/N-ethyl adjacent to an activating group) is 1. The van der Waals surface area contributed by atoms with Crippen molar-refractivity contribution in [1.29, 1.82) is 0 Å². The summed E-state index contributed by atoms with van der Waals surface area (Å²) in [5.41, 5.74) is 2.25. The monoisotopic (exact) mass is 262 g/mol. The molecule has 0 fully saturated rings. The van der Waals surface area contributed by atoms with E-state index >= 15 is 0 Å². The van der Waals surface area contributed by atoms with Crippen LogP contribution in [0.3, 0.4) is 0 Å². The average Bonchev–Trinajstić information content (AvgIpc) is 2.40. The van der Waals surface area contributed by atoms with E-state index in [1.165, 1.54) is 17.7 Å². The third-order valence-corrected chi connectivity index (χ3v) is 3.23. The molecule has 5 nitrogen and oxygen atoms in total. The van der Waals surface area contributed by atoms with Gasteiger partial charge < -0.3 is 9.64 Å². The molecule has 0 spiro atoms. The first-order valence-electron chi connectivity index (χ1n) is 6.41. The van der Waals surface area contributed by atoms with Crippen LogP contribution in [0, 0.1) is 10.1 Å². The minimum absolute atomic E-state index is 0.0701. The Kier molecular flexibility index (Phi) is 4.16. The van der Waals surface area contributed by atoms with Gasteiger partial charge in [-0.15, -0.1) is 0 Å². The normalized spacial score (nSPS) is 16.0. The average molecular weight is 262 g/mol. The SMILES string of the molecule is CCOc1cc([N+](=O)[O-])ccc1C1=CCN(C)CC1. The van der Waals surface area contributed by atoms with Gasteiger partial charge in [0, 0.05) is 24.7 Å². The van der Waals surface area contributed by atoms with E-state index in [9.17, 15) is 10.1 Å². The second-order valence-electron chi connectivity index (χ2n) is 4.61. The summed E-state index contributed by atoms with van der Waals surface area (Å²) in [4.78, 5) is 12.7. The lowest BCUT2D eigenvalue weighted by molar-refractivity contribution is -0.384. The number of nitro benzene ring substituents is 1. The van der Waals surface area contributed by atoms with Crippen molar-refractivity contribution in [1.82, 2.24) is 4.90 Å². The highest BCUT2D eigenvalue weighted by Gasteiger charge is 2.17. The summed E-state index contributed by atoms with van der Waals surface area (Å²) in [5, 5.41) is 10.8. The zero-order valence-corrected chi connectivity index (χ0v) is 11.3. The van der Waals surface area contributed by atoms with Gasteiger partial charge in [0.15, 0.2) is 0 Å². The van der Waals surface area contributed by atoms with Gasteiger partial charge in [0.2, 0.25) is 0 Å². The van der Waals surface area contributed by atoms with Gasteiger partial charge in [0.1, 0.15) is 5.75 Å². The number of benzene rings is 1. The molecular weight excluding hydrogens is 244 g/mol. The van der Waals surface area contributed by atoms with Crippen molar-refractivity contribution in [2.45, 2.75) is 13.3 Å². The lowest BCUT2D eigenvalue weighted by atomic mass is 9.98. The summed E-state index contributed by atoms with van der Waals surface area (Å²) in [7, 11) is 2.08. The Morgan fingerprint density at radius 1 is 1.47 bits per heavy atom. The van der Waals surface area contributed by atoms with Gasteiger partial charge in [0.25, 0.3) is 5.69 Å². The molecule has 0 saturated carbocycles. The standard InChI is InChI=1S/C14H18N2O3/c1-3-19-14-10-12(16(17)18)4-5-13(14)11-6-8-15(2)9-7-11/h4-6,10H,3,7-9H2,1-2H3. The van der Waals surface area contributed by atoms with Gasteiger partial charge in [-0.2, -0.15) is 0 Å². The maximum Gasteiger partial charge on any atom is 0.273 e. The number of rotatable bonds is 4. The van der Waals surface area contributed by atoms with Crippen LogP contribution in [0.2, 0.25) is 0 Å². The van der Waals surface area contributed by atoms with Gasteiger partial charge in [-0.05, 0) is 32.0 Å². The fourth-order valence-electron chi connectivity index (χ4n) is 2.18. The van der Waals surface area contributed by atoms with E-state index in [4.69, 9.17) is 4.74 Å². The van der Waals surface area contributed by atoms with Crippen LogP contribution in [0.15, 0.2) is 24.3 Å². The topological polar surface area (TPSA) is 55.6 Å². The maximum absolute atomic E-state index is 10.8. The first-order chi connectivity index (χ1) is 9.11. The van der Waals surface area contributed by atoms with Crippen LogP contribution in [0.5, 0.6) is 5.75 Å². The zero-order chi connectivity index (χ0) is 13.8. The predicted molar refractivity (Wildman–Crippen MR) is 74.4 cm³/mol. The Morgan fingerprint density at radius 2 is 2.26 bits per heavy atom. The summed E-state index contributed by atoms with van der Waals surface area (Å²) in [6.45, 7) is 4.28. The van der Waals surface area contributed by atoms with Crippen molar-refractivity contribution < 1.29 is 9.66 Å². The van der Waals surface area contributed by atoms with E-state index in [0.717, 1.165) is 25.1 Å². The maximum atomic E-state index is 10.8. The number of ether oxygens (including phenoxy) is 1. The molecule has 0 atom stereocenters. The molecule has 0 bridgehead atoms. The van der Waals surface area contributed by atoms with Gasteiger partial charge in [0.05, 0.1) is 17.6 Å². The smallest absolute Gasteiger partial charge is 0.273 e. The molecule has 19 heavy (non-hydrogen) atoms. The lowest BCUT2D eigenvalue weighted by Crippen LogP contribution is -2.23. The Hall–Kier alpha value is -1.88. The van der Waals surface area contributed by atoms with Gasteiger partial charge in [-0.1, -0.05) is 6.08 Å². The van der Waals surface area contributed by atoms with E-state index in [0.29, 0.717) is 12.4 Å². The number of hydrogen-bond donors (Lipinski definition) is 0. The molecule has 1 aromatic carbocycles. The summed E-state index contributed by atoms with van der Waals surface area (Å²) in [6, 6.07) is 4.84. The van der Waals surface area contributed by atoms with Crippen LogP contribution in [0.1, 0.15) is 18.9 Å². The highest BCUT2D eigenvalue weighted by atomic mass is 16.6.